The highest BCUT2D eigenvalue weighted by molar-refractivity contribution is 6.29. The smallest absolute Gasteiger partial charge is 0.257 e. The molecule has 0 saturated heterocycles. The average Bonchev–Trinajstić information content (AvgIpc) is 1.98. The molecule has 0 spiro atoms. The molecular formula is C4H2Cl2N2O4. The zero-order valence-corrected chi connectivity index (χ0v) is 6.95. The summed E-state index contributed by atoms with van der Waals surface area (Å²) in [5, 5.41) is 18.2. The fourth-order valence-corrected chi connectivity index (χ4v) is 0.385. The highest BCUT2D eigenvalue weighted by atomic mass is 35.5. The summed E-state index contributed by atoms with van der Waals surface area (Å²) in [6.07, 6.45) is 1.46. The number of hydrogen-bond acceptors (Lipinski definition) is 4. The third kappa shape index (κ3) is 3.89. The lowest BCUT2D eigenvalue weighted by molar-refractivity contribution is -0.414. The topological polar surface area (TPSA) is 86.3 Å². The van der Waals surface area contributed by atoms with Crippen LogP contribution in [0.2, 0.25) is 0 Å². The summed E-state index contributed by atoms with van der Waals surface area (Å²) >= 11 is 10.0. The molecule has 0 aliphatic carbocycles. The second kappa shape index (κ2) is 4.68. The van der Waals surface area contributed by atoms with Crippen LogP contribution in [0.3, 0.4) is 0 Å². The molecule has 0 N–H and O–H groups in total. The molecule has 0 rings (SSSR count). The minimum absolute atomic E-state index is 0.729. The molecule has 0 unspecified atom stereocenters. The van der Waals surface area contributed by atoms with Gasteiger partial charge in [0.1, 0.15) is 0 Å². The van der Waals surface area contributed by atoms with E-state index >= 15 is 0 Å². The molecule has 66 valence electrons. The third-order valence-electron chi connectivity index (χ3n) is 0.707. The second-order valence-electron chi connectivity index (χ2n) is 1.49. The number of halogens is 2. The van der Waals surface area contributed by atoms with Gasteiger partial charge in [-0.25, -0.2) is 0 Å². The van der Waals surface area contributed by atoms with E-state index in [4.69, 9.17) is 23.2 Å². The number of allylic oxidation sites excluding steroid dienone is 2. The fraction of sp³-hybridized carbons (Fsp3) is 0. The van der Waals surface area contributed by atoms with Crippen LogP contribution in [-0.2, 0) is 0 Å². The highest BCUT2D eigenvalue weighted by Gasteiger charge is 2.07. The van der Waals surface area contributed by atoms with Gasteiger partial charge in [-0.3, -0.25) is 20.2 Å². The monoisotopic (exact) mass is 212 g/mol. The normalized spacial score (nSPS) is 12.8. The van der Waals surface area contributed by atoms with Crippen molar-refractivity contribution in [2.24, 2.45) is 0 Å². The van der Waals surface area contributed by atoms with Gasteiger partial charge in [0, 0.05) is 12.2 Å². The number of nitro groups is 2. The van der Waals surface area contributed by atoms with Crippen molar-refractivity contribution in [1.82, 2.24) is 0 Å². The van der Waals surface area contributed by atoms with Crippen molar-refractivity contribution in [3.63, 3.8) is 0 Å². The Bertz CT molecular complexity index is 244. The van der Waals surface area contributed by atoms with Gasteiger partial charge in [-0.05, 0) is 23.2 Å². The predicted molar refractivity (Wildman–Crippen MR) is 41.9 cm³/mol. The van der Waals surface area contributed by atoms with Crippen molar-refractivity contribution in [1.29, 1.82) is 0 Å². The Hall–Kier alpha value is -1.14. The van der Waals surface area contributed by atoms with Crippen molar-refractivity contribution in [3.8, 4) is 0 Å². The van der Waals surface area contributed by atoms with Gasteiger partial charge >= 0.3 is 10.3 Å². The Labute approximate surface area is 76.4 Å². The van der Waals surface area contributed by atoms with Gasteiger partial charge in [-0.15, -0.1) is 0 Å². The first-order chi connectivity index (χ1) is 5.45. The van der Waals surface area contributed by atoms with E-state index < -0.39 is 20.2 Å². The third-order valence-corrected chi connectivity index (χ3v) is 1.24. The summed E-state index contributed by atoms with van der Waals surface area (Å²) in [5.41, 5.74) is 0. The maximum absolute atomic E-state index is 9.84. The first-order valence-corrected chi connectivity index (χ1v) is 3.22. The standard InChI is InChI=1S/C4H2Cl2N2O4/c5-3(7(9)10)1-2-4(6)8(11)12/h1-2H/b3-1+,4-2+. The molecule has 0 bridgehead atoms. The number of nitrogens with zero attached hydrogens (tertiary/aromatic N) is 2. The quantitative estimate of drug-likeness (QED) is 0.309. The summed E-state index contributed by atoms with van der Waals surface area (Å²) in [4.78, 5) is 17.9. The first-order valence-electron chi connectivity index (χ1n) is 2.47. The molecule has 0 heterocycles. The van der Waals surface area contributed by atoms with Crippen molar-refractivity contribution < 1.29 is 9.85 Å². The Balaban J connectivity index is 4.48. The van der Waals surface area contributed by atoms with E-state index in [0.717, 1.165) is 12.2 Å². The molecule has 0 aliphatic heterocycles. The fourth-order valence-electron chi connectivity index (χ4n) is 0.259. The van der Waals surface area contributed by atoms with Crippen LogP contribution in [0.15, 0.2) is 22.5 Å². The highest BCUT2D eigenvalue weighted by Crippen LogP contribution is 2.06. The van der Waals surface area contributed by atoms with Crippen LogP contribution in [0, 0.1) is 20.2 Å². The number of rotatable bonds is 3. The summed E-state index contributed by atoms with van der Waals surface area (Å²) in [6.45, 7) is 0. The van der Waals surface area contributed by atoms with E-state index in [9.17, 15) is 20.2 Å². The minimum atomic E-state index is -0.901. The summed E-state index contributed by atoms with van der Waals surface area (Å²) in [6, 6.07) is 0. The molecule has 0 fully saturated rings. The molecule has 0 amide bonds. The summed E-state index contributed by atoms with van der Waals surface area (Å²) < 4.78 is 0. The Morgan fingerprint density at radius 1 is 1.00 bits per heavy atom. The van der Waals surface area contributed by atoms with Gasteiger partial charge in [0.2, 0.25) is 0 Å². The molecule has 0 aromatic carbocycles. The van der Waals surface area contributed by atoms with Gasteiger partial charge in [0.15, 0.2) is 0 Å². The second-order valence-corrected chi connectivity index (χ2v) is 2.27. The van der Waals surface area contributed by atoms with Crippen LogP contribution in [0.1, 0.15) is 0 Å². The molecule has 12 heavy (non-hydrogen) atoms. The van der Waals surface area contributed by atoms with E-state index in [0.29, 0.717) is 0 Å². The Kier molecular flexibility index (Phi) is 4.24. The molecule has 0 aliphatic rings. The Morgan fingerprint density at radius 2 is 1.25 bits per heavy atom. The van der Waals surface area contributed by atoms with Gasteiger partial charge in [0.05, 0.1) is 9.85 Å². The molecular weight excluding hydrogens is 211 g/mol. The lowest BCUT2D eigenvalue weighted by Gasteiger charge is -1.83. The van der Waals surface area contributed by atoms with Crippen LogP contribution < -0.4 is 0 Å². The molecule has 8 heteroatoms. The van der Waals surface area contributed by atoms with E-state index in [1.54, 1.807) is 0 Å². The molecule has 0 aromatic rings. The van der Waals surface area contributed by atoms with Gasteiger partial charge in [-0.2, -0.15) is 0 Å². The van der Waals surface area contributed by atoms with Crippen molar-refractivity contribution in [2.45, 2.75) is 0 Å². The zero-order valence-electron chi connectivity index (χ0n) is 5.44. The predicted octanol–water partition coefficient (Wildman–Crippen LogP) is 1.70. The average molecular weight is 213 g/mol. The summed E-state index contributed by atoms with van der Waals surface area (Å²) in [5.74, 6) is 0. The number of hydrogen-bond donors (Lipinski definition) is 0. The van der Waals surface area contributed by atoms with E-state index in [2.05, 4.69) is 0 Å². The zero-order chi connectivity index (χ0) is 9.72. The van der Waals surface area contributed by atoms with Crippen LogP contribution in [-0.4, -0.2) is 9.85 Å². The van der Waals surface area contributed by atoms with Crippen LogP contribution >= 0.6 is 23.2 Å². The summed E-state index contributed by atoms with van der Waals surface area (Å²) in [7, 11) is 0. The van der Waals surface area contributed by atoms with Crippen molar-refractivity contribution in [3.05, 3.63) is 42.7 Å². The van der Waals surface area contributed by atoms with Gasteiger partial charge < -0.3 is 0 Å². The molecule has 0 radical (unpaired) electrons. The molecule has 0 saturated carbocycles. The van der Waals surface area contributed by atoms with E-state index in [-0.39, 0.29) is 0 Å². The largest absolute Gasteiger partial charge is 0.337 e. The lowest BCUT2D eigenvalue weighted by Crippen LogP contribution is -1.92. The Morgan fingerprint density at radius 3 is 1.42 bits per heavy atom. The maximum atomic E-state index is 9.84. The molecule has 0 aromatic heterocycles. The maximum Gasteiger partial charge on any atom is 0.337 e. The lowest BCUT2D eigenvalue weighted by atomic mass is 10.6. The van der Waals surface area contributed by atoms with Gasteiger partial charge in [-0.1, -0.05) is 0 Å². The molecule has 0 atom stereocenters. The van der Waals surface area contributed by atoms with Crippen LogP contribution in [0.4, 0.5) is 0 Å². The molecule has 6 nitrogen and oxygen atoms in total. The first kappa shape index (κ1) is 10.9. The SMILES string of the molecule is O=[N+]([O-])/C(Cl)=C/C=C(\Cl)[N+](=O)[O-]. The van der Waals surface area contributed by atoms with E-state index in [1.807, 2.05) is 0 Å². The van der Waals surface area contributed by atoms with Crippen LogP contribution in [0.25, 0.3) is 0 Å². The van der Waals surface area contributed by atoms with Crippen molar-refractivity contribution in [2.75, 3.05) is 0 Å². The van der Waals surface area contributed by atoms with Crippen LogP contribution in [0.5, 0.6) is 0 Å². The minimum Gasteiger partial charge on any atom is -0.257 e. The van der Waals surface area contributed by atoms with Gasteiger partial charge in [0.25, 0.3) is 0 Å². The van der Waals surface area contributed by atoms with Crippen molar-refractivity contribution >= 4 is 23.2 Å². The van der Waals surface area contributed by atoms with E-state index in [1.165, 1.54) is 0 Å².